The SMILES string of the molecule is O=C(Nc1ccc(OCCc2ccncc2)cc1)C1=NOC(c2ccccc2)C1. The maximum atomic E-state index is 12.4. The van der Waals surface area contributed by atoms with Crippen molar-refractivity contribution in [2.45, 2.75) is 18.9 Å². The number of benzene rings is 2. The van der Waals surface area contributed by atoms with Gasteiger partial charge >= 0.3 is 0 Å². The van der Waals surface area contributed by atoms with Crippen LogP contribution in [0.3, 0.4) is 0 Å². The van der Waals surface area contributed by atoms with Crippen LogP contribution in [-0.2, 0) is 16.1 Å². The lowest BCUT2D eigenvalue weighted by molar-refractivity contribution is -0.110. The van der Waals surface area contributed by atoms with Gasteiger partial charge in [0.2, 0.25) is 0 Å². The van der Waals surface area contributed by atoms with Crippen molar-refractivity contribution in [1.82, 2.24) is 4.98 Å². The van der Waals surface area contributed by atoms with Crippen LogP contribution in [0.2, 0.25) is 0 Å². The fraction of sp³-hybridized carbons (Fsp3) is 0.174. The smallest absolute Gasteiger partial charge is 0.273 e. The van der Waals surface area contributed by atoms with Gasteiger partial charge in [-0.2, -0.15) is 0 Å². The first-order valence-corrected chi connectivity index (χ1v) is 9.49. The molecule has 1 aromatic heterocycles. The number of carbonyl (C=O) groups excluding carboxylic acids is 1. The lowest BCUT2D eigenvalue weighted by Gasteiger charge is -2.09. The number of pyridine rings is 1. The summed E-state index contributed by atoms with van der Waals surface area (Å²) in [6.45, 7) is 0.574. The van der Waals surface area contributed by atoms with E-state index in [0.29, 0.717) is 24.4 Å². The molecule has 0 saturated carbocycles. The number of hydrogen-bond donors (Lipinski definition) is 1. The maximum Gasteiger partial charge on any atom is 0.273 e. The van der Waals surface area contributed by atoms with Gasteiger partial charge in [-0.25, -0.2) is 0 Å². The molecule has 6 heteroatoms. The minimum absolute atomic E-state index is 0.215. The second-order valence-corrected chi connectivity index (χ2v) is 6.68. The first kappa shape index (κ1) is 18.7. The van der Waals surface area contributed by atoms with Gasteiger partial charge in [-0.05, 0) is 47.5 Å². The summed E-state index contributed by atoms with van der Waals surface area (Å²) in [5.41, 5.74) is 3.25. The molecule has 0 fully saturated rings. The first-order chi connectivity index (χ1) is 14.3. The standard InChI is InChI=1S/C23H21N3O3/c27-23(21-16-22(29-26-21)18-4-2-1-3-5-18)25-19-6-8-20(9-7-19)28-15-12-17-10-13-24-14-11-17/h1-11,13-14,22H,12,15-16H2,(H,25,27). The highest BCUT2D eigenvalue weighted by molar-refractivity contribution is 6.43. The van der Waals surface area contributed by atoms with Crippen LogP contribution in [0, 0.1) is 0 Å². The zero-order valence-electron chi connectivity index (χ0n) is 15.8. The Bertz CT molecular complexity index is 973. The number of oxime groups is 1. The molecule has 0 radical (unpaired) electrons. The topological polar surface area (TPSA) is 72.8 Å². The Morgan fingerprint density at radius 2 is 1.79 bits per heavy atom. The van der Waals surface area contributed by atoms with Gasteiger partial charge in [0.15, 0.2) is 6.10 Å². The number of hydrogen-bond acceptors (Lipinski definition) is 5. The number of nitrogens with zero attached hydrogens (tertiary/aromatic N) is 2. The third-order valence-electron chi connectivity index (χ3n) is 4.62. The van der Waals surface area contributed by atoms with E-state index in [0.717, 1.165) is 17.7 Å². The van der Waals surface area contributed by atoms with Crippen LogP contribution >= 0.6 is 0 Å². The Kier molecular flexibility index (Phi) is 5.81. The Morgan fingerprint density at radius 3 is 2.55 bits per heavy atom. The summed E-state index contributed by atoms with van der Waals surface area (Å²) in [5, 5.41) is 6.80. The average molecular weight is 387 g/mol. The molecule has 0 saturated heterocycles. The summed E-state index contributed by atoms with van der Waals surface area (Å²) in [4.78, 5) is 21.9. The van der Waals surface area contributed by atoms with Crippen LogP contribution < -0.4 is 10.1 Å². The quantitative estimate of drug-likeness (QED) is 0.661. The van der Waals surface area contributed by atoms with Crippen LogP contribution in [0.25, 0.3) is 0 Å². The van der Waals surface area contributed by atoms with Crippen molar-refractivity contribution in [2.75, 3.05) is 11.9 Å². The predicted molar refractivity (Wildman–Crippen MR) is 111 cm³/mol. The summed E-state index contributed by atoms with van der Waals surface area (Å²) < 4.78 is 5.76. The summed E-state index contributed by atoms with van der Waals surface area (Å²) in [6.07, 6.45) is 4.59. The second-order valence-electron chi connectivity index (χ2n) is 6.68. The highest BCUT2D eigenvalue weighted by atomic mass is 16.6. The summed E-state index contributed by atoms with van der Waals surface area (Å²) in [5.74, 6) is 0.498. The van der Waals surface area contributed by atoms with Crippen molar-refractivity contribution in [3.63, 3.8) is 0 Å². The Balaban J connectivity index is 1.26. The largest absolute Gasteiger partial charge is 0.493 e. The molecule has 1 amide bonds. The maximum absolute atomic E-state index is 12.4. The van der Waals surface area contributed by atoms with Gasteiger partial charge < -0.3 is 14.9 Å². The predicted octanol–water partition coefficient (Wildman–Crippen LogP) is 4.16. The third-order valence-corrected chi connectivity index (χ3v) is 4.62. The molecule has 1 N–H and O–H groups in total. The molecule has 146 valence electrons. The molecule has 0 bridgehead atoms. The molecule has 1 aliphatic heterocycles. The van der Waals surface area contributed by atoms with Crippen LogP contribution in [0.5, 0.6) is 5.75 Å². The normalized spacial score (nSPS) is 15.3. The van der Waals surface area contributed by atoms with Crippen molar-refractivity contribution in [3.8, 4) is 5.75 Å². The van der Waals surface area contributed by atoms with Crippen LogP contribution in [0.1, 0.15) is 23.7 Å². The van der Waals surface area contributed by atoms with Gasteiger partial charge in [0.05, 0.1) is 6.61 Å². The summed E-state index contributed by atoms with van der Waals surface area (Å²) >= 11 is 0. The highest BCUT2D eigenvalue weighted by Gasteiger charge is 2.27. The second kappa shape index (κ2) is 9.01. The lowest BCUT2D eigenvalue weighted by atomic mass is 10.0. The number of rotatable bonds is 7. The van der Waals surface area contributed by atoms with E-state index in [1.165, 1.54) is 5.56 Å². The van der Waals surface area contributed by atoms with E-state index in [1.54, 1.807) is 12.4 Å². The van der Waals surface area contributed by atoms with Crippen LogP contribution in [0.4, 0.5) is 5.69 Å². The molecule has 1 atom stereocenters. The Hall–Kier alpha value is -3.67. The number of aromatic nitrogens is 1. The number of anilines is 1. The van der Waals surface area contributed by atoms with Gasteiger partial charge in [-0.1, -0.05) is 35.5 Å². The summed E-state index contributed by atoms with van der Waals surface area (Å²) in [6, 6.07) is 21.0. The van der Waals surface area contributed by atoms with Crippen molar-refractivity contribution >= 4 is 17.3 Å². The first-order valence-electron chi connectivity index (χ1n) is 9.49. The third kappa shape index (κ3) is 4.99. The average Bonchev–Trinajstić information content (AvgIpc) is 3.27. The Labute approximate surface area is 169 Å². The van der Waals surface area contributed by atoms with Crippen molar-refractivity contribution in [3.05, 3.63) is 90.3 Å². The Morgan fingerprint density at radius 1 is 1.03 bits per heavy atom. The molecular weight excluding hydrogens is 366 g/mol. The van der Waals surface area contributed by atoms with Gasteiger partial charge in [0.25, 0.3) is 5.91 Å². The fourth-order valence-electron chi connectivity index (χ4n) is 3.03. The van der Waals surface area contributed by atoms with E-state index in [-0.39, 0.29) is 12.0 Å². The molecule has 2 aromatic carbocycles. The fourth-order valence-corrected chi connectivity index (χ4v) is 3.03. The lowest BCUT2D eigenvalue weighted by Crippen LogP contribution is -2.21. The van der Waals surface area contributed by atoms with Crippen molar-refractivity contribution in [1.29, 1.82) is 0 Å². The molecule has 29 heavy (non-hydrogen) atoms. The van der Waals surface area contributed by atoms with Gasteiger partial charge in [-0.15, -0.1) is 0 Å². The zero-order valence-corrected chi connectivity index (χ0v) is 15.8. The van der Waals surface area contributed by atoms with Gasteiger partial charge in [0, 0.05) is 30.9 Å². The molecule has 4 rings (SSSR count). The number of nitrogens with one attached hydrogen (secondary N) is 1. The zero-order chi connectivity index (χ0) is 19.9. The molecule has 0 spiro atoms. The van der Waals surface area contributed by atoms with E-state index in [2.05, 4.69) is 15.5 Å². The van der Waals surface area contributed by atoms with Crippen LogP contribution in [-0.4, -0.2) is 23.2 Å². The van der Waals surface area contributed by atoms with Gasteiger partial charge in [0.1, 0.15) is 11.5 Å². The monoisotopic (exact) mass is 387 g/mol. The van der Waals surface area contributed by atoms with Crippen molar-refractivity contribution < 1.29 is 14.4 Å². The molecule has 2 heterocycles. The molecule has 1 aliphatic rings. The van der Waals surface area contributed by atoms with E-state index in [4.69, 9.17) is 9.57 Å². The number of carbonyl (C=O) groups is 1. The van der Waals surface area contributed by atoms with E-state index < -0.39 is 0 Å². The molecule has 6 nitrogen and oxygen atoms in total. The van der Waals surface area contributed by atoms with Crippen molar-refractivity contribution in [2.24, 2.45) is 5.16 Å². The highest BCUT2D eigenvalue weighted by Crippen LogP contribution is 2.27. The minimum Gasteiger partial charge on any atom is -0.493 e. The van der Waals surface area contributed by atoms with Gasteiger partial charge in [-0.3, -0.25) is 9.78 Å². The van der Waals surface area contributed by atoms with E-state index in [1.807, 2.05) is 66.7 Å². The summed E-state index contributed by atoms with van der Waals surface area (Å²) in [7, 11) is 0. The van der Waals surface area contributed by atoms with E-state index >= 15 is 0 Å². The molecule has 0 aliphatic carbocycles. The van der Waals surface area contributed by atoms with Crippen LogP contribution in [0.15, 0.2) is 84.3 Å². The molecule has 1 unspecified atom stereocenters. The van der Waals surface area contributed by atoms with E-state index in [9.17, 15) is 4.79 Å². The molecule has 3 aromatic rings. The number of amides is 1. The number of ether oxygens (including phenoxy) is 1. The minimum atomic E-state index is -0.255. The molecular formula is C23H21N3O3.